The summed E-state index contributed by atoms with van der Waals surface area (Å²) in [5, 5.41) is 0. The van der Waals surface area contributed by atoms with Crippen molar-refractivity contribution in [3.05, 3.63) is 58.3 Å². The first-order valence-electron chi connectivity index (χ1n) is 12.2. The SMILES string of the molecule is CCCCN(Cc1cccn1Cc1ccc(Br)cc1)C(=O)CN(CCCOC)C(=O)C(C)(C)CCl. The van der Waals surface area contributed by atoms with Gasteiger partial charge in [-0.05, 0) is 56.5 Å². The standard InChI is InChI=1S/C27H39BrClN3O3/c1-5-6-14-31(19-24-9-7-15-30(24)18-22-10-12-23(28)13-11-22)25(33)20-32(16-8-17-35-4)26(34)27(2,3)21-29/h7,9-13,15H,5-6,8,14,16-21H2,1-4H3. The lowest BCUT2D eigenvalue weighted by molar-refractivity contribution is -0.145. The van der Waals surface area contributed by atoms with Gasteiger partial charge >= 0.3 is 0 Å². The Kier molecular flexibility index (Phi) is 12.3. The third kappa shape index (κ3) is 9.28. The zero-order chi connectivity index (χ0) is 25.8. The quantitative estimate of drug-likeness (QED) is 0.209. The van der Waals surface area contributed by atoms with Crippen LogP contribution < -0.4 is 0 Å². The Balaban J connectivity index is 2.18. The van der Waals surface area contributed by atoms with Crippen LogP contribution in [0.4, 0.5) is 0 Å². The van der Waals surface area contributed by atoms with Crippen molar-refractivity contribution in [3.63, 3.8) is 0 Å². The van der Waals surface area contributed by atoms with Crippen molar-refractivity contribution >= 4 is 39.3 Å². The summed E-state index contributed by atoms with van der Waals surface area (Å²) in [6, 6.07) is 12.3. The Hall–Kier alpha value is -1.83. The van der Waals surface area contributed by atoms with Crippen LogP contribution in [0, 0.1) is 5.41 Å². The van der Waals surface area contributed by atoms with Gasteiger partial charge in [0.1, 0.15) is 0 Å². The van der Waals surface area contributed by atoms with Crippen molar-refractivity contribution in [3.8, 4) is 0 Å². The number of benzene rings is 1. The summed E-state index contributed by atoms with van der Waals surface area (Å²) in [5.41, 5.74) is 1.52. The van der Waals surface area contributed by atoms with Gasteiger partial charge in [0, 0.05) is 55.6 Å². The second-order valence-electron chi connectivity index (χ2n) is 9.51. The molecule has 6 nitrogen and oxygen atoms in total. The molecule has 0 bridgehead atoms. The molecule has 2 aromatic rings. The first-order chi connectivity index (χ1) is 16.7. The van der Waals surface area contributed by atoms with Crippen molar-refractivity contribution in [2.75, 3.05) is 39.2 Å². The summed E-state index contributed by atoms with van der Waals surface area (Å²) in [4.78, 5) is 30.2. The van der Waals surface area contributed by atoms with Gasteiger partial charge in [0.2, 0.25) is 11.8 Å². The van der Waals surface area contributed by atoms with Crippen LogP contribution in [-0.4, -0.2) is 65.4 Å². The number of carbonyl (C=O) groups is 2. The van der Waals surface area contributed by atoms with Crippen LogP contribution in [0.5, 0.6) is 0 Å². The summed E-state index contributed by atoms with van der Waals surface area (Å²) >= 11 is 9.56. The van der Waals surface area contributed by atoms with Crippen LogP contribution in [0.2, 0.25) is 0 Å². The maximum absolute atomic E-state index is 13.5. The lowest BCUT2D eigenvalue weighted by Crippen LogP contribution is -2.48. The van der Waals surface area contributed by atoms with Gasteiger partial charge in [-0.1, -0.05) is 41.4 Å². The maximum Gasteiger partial charge on any atom is 0.242 e. The molecule has 0 aliphatic heterocycles. The molecule has 35 heavy (non-hydrogen) atoms. The highest BCUT2D eigenvalue weighted by molar-refractivity contribution is 9.10. The zero-order valence-electron chi connectivity index (χ0n) is 21.4. The Morgan fingerprint density at radius 2 is 1.77 bits per heavy atom. The lowest BCUT2D eigenvalue weighted by atomic mass is 9.94. The van der Waals surface area contributed by atoms with Gasteiger partial charge in [-0.15, -0.1) is 11.6 Å². The molecule has 1 aromatic heterocycles. The van der Waals surface area contributed by atoms with E-state index >= 15 is 0 Å². The number of amides is 2. The maximum atomic E-state index is 13.5. The topological polar surface area (TPSA) is 54.8 Å². The predicted molar refractivity (Wildman–Crippen MR) is 146 cm³/mol. The molecule has 0 saturated heterocycles. The number of unbranched alkanes of at least 4 members (excludes halogenated alkanes) is 1. The molecule has 0 unspecified atom stereocenters. The Bertz CT molecular complexity index is 930. The van der Waals surface area contributed by atoms with E-state index in [1.54, 1.807) is 12.0 Å². The van der Waals surface area contributed by atoms with Crippen molar-refractivity contribution in [2.24, 2.45) is 5.41 Å². The van der Waals surface area contributed by atoms with E-state index in [2.05, 4.69) is 45.6 Å². The van der Waals surface area contributed by atoms with E-state index in [4.69, 9.17) is 16.3 Å². The number of methoxy groups -OCH3 is 1. The summed E-state index contributed by atoms with van der Waals surface area (Å²) in [6.07, 6.45) is 4.60. The van der Waals surface area contributed by atoms with Crippen LogP contribution in [0.15, 0.2) is 47.1 Å². The molecular weight excluding hydrogens is 530 g/mol. The van der Waals surface area contributed by atoms with E-state index in [1.807, 2.05) is 43.1 Å². The molecule has 8 heteroatoms. The Labute approximate surface area is 223 Å². The normalized spacial score (nSPS) is 11.5. The number of aromatic nitrogens is 1. The van der Waals surface area contributed by atoms with E-state index in [9.17, 15) is 9.59 Å². The lowest BCUT2D eigenvalue weighted by Gasteiger charge is -2.32. The van der Waals surface area contributed by atoms with Crippen molar-refractivity contribution in [2.45, 2.75) is 53.1 Å². The molecule has 0 saturated carbocycles. The molecule has 0 radical (unpaired) electrons. The van der Waals surface area contributed by atoms with Gasteiger partial charge in [0.05, 0.1) is 18.5 Å². The fraction of sp³-hybridized carbons (Fsp3) is 0.556. The number of halogens is 2. The minimum Gasteiger partial charge on any atom is -0.385 e. The summed E-state index contributed by atoms with van der Waals surface area (Å²) in [5.74, 6) is 0.0428. The molecular formula is C27H39BrClN3O3. The monoisotopic (exact) mass is 567 g/mol. The van der Waals surface area contributed by atoms with Crippen molar-refractivity contribution in [1.29, 1.82) is 0 Å². The van der Waals surface area contributed by atoms with E-state index in [0.29, 0.717) is 32.7 Å². The third-order valence-corrected chi connectivity index (χ3v) is 7.18. The largest absolute Gasteiger partial charge is 0.385 e. The molecule has 0 N–H and O–H groups in total. The predicted octanol–water partition coefficient (Wildman–Crippen LogP) is 5.56. The molecule has 2 rings (SSSR count). The van der Waals surface area contributed by atoms with Gasteiger partial charge in [-0.3, -0.25) is 9.59 Å². The molecule has 0 aliphatic rings. The fourth-order valence-corrected chi connectivity index (χ4v) is 4.15. The zero-order valence-corrected chi connectivity index (χ0v) is 23.8. The Morgan fingerprint density at radius 1 is 1.09 bits per heavy atom. The minimum atomic E-state index is -0.734. The minimum absolute atomic E-state index is 0.0417. The van der Waals surface area contributed by atoms with Gasteiger partial charge in [0.15, 0.2) is 0 Å². The number of carbonyl (C=O) groups excluding carboxylic acids is 2. The number of nitrogens with zero attached hydrogens (tertiary/aromatic N) is 3. The highest BCUT2D eigenvalue weighted by atomic mass is 79.9. The highest BCUT2D eigenvalue weighted by Crippen LogP contribution is 2.21. The van der Waals surface area contributed by atoms with Gasteiger partial charge in [-0.2, -0.15) is 0 Å². The number of alkyl halides is 1. The van der Waals surface area contributed by atoms with Crippen LogP contribution in [0.25, 0.3) is 0 Å². The second kappa shape index (κ2) is 14.7. The Morgan fingerprint density at radius 3 is 2.40 bits per heavy atom. The molecule has 0 spiro atoms. The molecule has 1 aromatic carbocycles. The van der Waals surface area contributed by atoms with Gasteiger partial charge in [0.25, 0.3) is 0 Å². The molecule has 2 amide bonds. The van der Waals surface area contributed by atoms with E-state index < -0.39 is 5.41 Å². The summed E-state index contributed by atoms with van der Waals surface area (Å²) < 4.78 is 8.39. The van der Waals surface area contributed by atoms with E-state index in [-0.39, 0.29) is 24.2 Å². The van der Waals surface area contributed by atoms with Crippen LogP contribution in [0.3, 0.4) is 0 Å². The van der Waals surface area contributed by atoms with Crippen molar-refractivity contribution in [1.82, 2.24) is 14.4 Å². The summed E-state index contributed by atoms with van der Waals surface area (Å²) in [6.45, 7) is 8.67. The highest BCUT2D eigenvalue weighted by Gasteiger charge is 2.33. The number of rotatable bonds is 15. The number of hydrogen-bond acceptors (Lipinski definition) is 3. The number of hydrogen-bond donors (Lipinski definition) is 0. The van der Waals surface area contributed by atoms with E-state index in [1.165, 1.54) is 5.56 Å². The van der Waals surface area contributed by atoms with Crippen molar-refractivity contribution < 1.29 is 14.3 Å². The van der Waals surface area contributed by atoms with Crippen LogP contribution in [-0.2, 0) is 27.4 Å². The summed E-state index contributed by atoms with van der Waals surface area (Å²) in [7, 11) is 1.63. The molecule has 0 fully saturated rings. The van der Waals surface area contributed by atoms with Gasteiger partial charge < -0.3 is 19.1 Å². The van der Waals surface area contributed by atoms with E-state index in [0.717, 1.165) is 29.6 Å². The molecule has 1 heterocycles. The van der Waals surface area contributed by atoms with Crippen LogP contribution >= 0.6 is 27.5 Å². The third-order valence-electron chi connectivity index (χ3n) is 5.98. The average Bonchev–Trinajstić information content (AvgIpc) is 3.28. The average molecular weight is 569 g/mol. The molecule has 194 valence electrons. The number of ether oxygens (including phenoxy) is 1. The first kappa shape index (κ1) is 29.4. The first-order valence-corrected chi connectivity index (χ1v) is 13.5. The molecule has 0 atom stereocenters. The van der Waals surface area contributed by atoms with Gasteiger partial charge in [-0.25, -0.2) is 0 Å². The van der Waals surface area contributed by atoms with Crippen LogP contribution in [0.1, 0.15) is 51.3 Å². The molecule has 0 aliphatic carbocycles. The second-order valence-corrected chi connectivity index (χ2v) is 10.7. The fourth-order valence-electron chi connectivity index (χ4n) is 3.77. The smallest absolute Gasteiger partial charge is 0.242 e.